The van der Waals surface area contributed by atoms with Gasteiger partial charge in [0.1, 0.15) is 23.3 Å². The van der Waals surface area contributed by atoms with Crippen LogP contribution in [-0.2, 0) is 0 Å². The number of amides is 4. The van der Waals surface area contributed by atoms with Crippen molar-refractivity contribution in [1.82, 2.24) is 19.9 Å². The smallest absolute Gasteiger partial charge is 0.257 e. The fourth-order valence-electron chi connectivity index (χ4n) is 4.93. The van der Waals surface area contributed by atoms with E-state index in [2.05, 4.69) is 41.2 Å². The molecule has 4 aromatic carbocycles. The molecule has 4 N–H and O–H groups in total. The summed E-state index contributed by atoms with van der Waals surface area (Å²) in [6.07, 6.45) is 12.3. The molecule has 4 amide bonds. The fraction of sp³-hybridized carbons (Fsp3) is 0. The van der Waals surface area contributed by atoms with E-state index in [-0.39, 0.29) is 46.9 Å². The van der Waals surface area contributed by atoms with Gasteiger partial charge in [0.05, 0.1) is 22.3 Å². The van der Waals surface area contributed by atoms with E-state index in [4.69, 9.17) is 0 Å². The van der Waals surface area contributed by atoms with Crippen LogP contribution in [0.3, 0.4) is 0 Å². The summed E-state index contributed by atoms with van der Waals surface area (Å²) in [4.78, 5) is 62.0. The van der Waals surface area contributed by atoms with Gasteiger partial charge in [-0.1, -0.05) is 0 Å². The lowest BCUT2D eigenvalue weighted by Crippen LogP contribution is -2.11. The van der Waals surface area contributed by atoms with Gasteiger partial charge in [0.2, 0.25) is 0 Å². The number of rotatable bonds is 8. The van der Waals surface area contributed by atoms with Gasteiger partial charge in [-0.3, -0.25) is 39.1 Å². The zero-order valence-electron chi connectivity index (χ0n) is 33.4. The third-order valence-electron chi connectivity index (χ3n) is 8.10. The van der Waals surface area contributed by atoms with Crippen LogP contribution in [0.4, 0.5) is 40.3 Å². The number of carbonyl (C=O) groups excluding carboxylic acids is 4. The lowest BCUT2D eigenvalue weighted by Gasteiger charge is -2.04. The largest absolute Gasteiger partial charge is 0.322 e. The molecule has 8 rings (SSSR count). The Balaban J connectivity index is 0.000000161. The van der Waals surface area contributed by atoms with E-state index in [1.54, 1.807) is 73.3 Å². The minimum atomic E-state index is -0.334. The van der Waals surface area contributed by atoms with Gasteiger partial charge in [-0.25, -0.2) is 17.6 Å². The summed E-state index contributed by atoms with van der Waals surface area (Å²) in [7, 11) is 0. The van der Waals surface area contributed by atoms with Gasteiger partial charge >= 0.3 is 0 Å². The Morgan fingerprint density at radius 1 is 0.297 bits per heavy atom. The maximum Gasteiger partial charge on any atom is 0.257 e. The highest BCUT2D eigenvalue weighted by molar-refractivity contribution is 6.05. The third-order valence-corrected chi connectivity index (χ3v) is 8.10. The third kappa shape index (κ3) is 15.9. The number of anilines is 4. The molecule has 0 spiro atoms. The first-order valence-electron chi connectivity index (χ1n) is 18.9. The zero-order valence-corrected chi connectivity index (χ0v) is 33.4. The molecule has 0 saturated heterocycles. The molecule has 0 saturated carbocycles. The average molecular weight is 865 g/mol. The molecule has 12 nitrogen and oxygen atoms in total. The van der Waals surface area contributed by atoms with Crippen LogP contribution in [0.25, 0.3) is 0 Å². The van der Waals surface area contributed by atoms with Crippen LogP contribution in [0.1, 0.15) is 41.4 Å². The lowest BCUT2D eigenvalue weighted by atomic mass is 10.2. The fourth-order valence-corrected chi connectivity index (χ4v) is 4.93. The molecule has 0 aliphatic rings. The first-order valence-corrected chi connectivity index (χ1v) is 18.9. The van der Waals surface area contributed by atoms with Crippen LogP contribution >= 0.6 is 0 Å². The standard InChI is InChI=1S/4C12H9FN2O/c4*13-10-3-5-11(6-4-10)15-12(16)9-2-1-7-14-8-9/h4*1-8H,(H,15,16). The van der Waals surface area contributed by atoms with Crippen LogP contribution in [0, 0.1) is 23.3 Å². The quantitative estimate of drug-likeness (QED) is 0.110. The number of nitrogens with zero attached hydrogens (tertiary/aromatic N) is 4. The van der Waals surface area contributed by atoms with Crippen LogP contribution in [-0.4, -0.2) is 43.6 Å². The van der Waals surface area contributed by atoms with Crippen molar-refractivity contribution in [2.24, 2.45) is 0 Å². The Labute approximate surface area is 364 Å². The highest BCUT2D eigenvalue weighted by Gasteiger charge is 2.08. The van der Waals surface area contributed by atoms with E-state index < -0.39 is 0 Å². The maximum absolute atomic E-state index is 12.6. The second-order valence-electron chi connectivity index (χ2n) is 12.8. The molecule has 4 heterocycles. The highest BCUT2D eigenvalue weighted by atomic mass is 19.1. The molecule has 0 bridgehead atoms. The average Bonchev–Trinajstić information content (AvgIpc) is 3.33. The van der Waals surface area contributed by atoms with E-state index >= 15 is 0 Å². The number of carbonyl (C=O) groups is 4. The molecule has 0 atom stereocenters. The molecule has 320 valence electrons. The van der Waals surface area contributed by atoms with Crippen molar-refractivity contribution in [1.29, 1.82) is 0 Å². The molecule has 4 aromatic heterocycles. The number of benzene rings is 4. The summed E-state index contributed by atoms with van der Waals surface area (Å²) in [6, 6.07) is 35.7. The molecular weight excluding hydrogens is 829 g/mol. The second kappa shape index (κ2) is 24.4. The maximum atomic E-state index is 12.6. The Kier molecular flexibility index (Phi) is 17.6. The van der Waals surface area contributed by atoms with E-state index in [9.17, 15) is 36.7 Å². The number of aromatic nitrogens is 4. The predicted octanol–water partition coefficient (Wildman–Crippen LogP) is 9.89. The SMILES string of the molecule is O=C(Nc1ccc(F)cc1)c1cccnc1.O=C(Nc1ccc(F)cc1)c1cccnc1.O=C(Nc1ccc(F)cc1)c1cccnc1.O=C(Nc1ccc(F)cc1)c1cccnc1. The second-order valence-corrected chi connectivity index (χ2v) is 12.8. The number of halogens is 4. The van der Waals surface area contributed by atoms with Crippen molar-refractivity contribution >= 4 is 46.4 Å². The monoisotopic (exact) mass is 864 g/mol. The summed E-state index contributed by atoms with van der Waals surface area (Å²) >= 11 is 0. The molecule has 0 aliphatic carbocycles. The Morgan fingerprint density at radius 3 is 0.641 bits per heavy atom. The molecule has 0 unspecified atom stereocenters. The number of hydrogen-bond acceptors (Lipinski definition) is 8. The van der Waals surface area contributed by atoms with Gasteiger partial charge in [-0.05, 0) is 146 Å². The Hall–Kier alpha value is -8.92. The predicted molar refractivity (Wildman–Crippen MR) is 234 cm³/mol. The van der Waals surface area contributed by atoms with Gasteiger partial charge in [-0.2, -0.15) is 0 Å². The van der Waals surface area contributed by atoms with Gasteiger partial charge < -0.3 is 21.3 Å². The number of nitrogens with one attached hydrogen (secondary N) is 4. The topological polar surface area (TPSA) is 168 Å². The van der Waals surface area contributed by atoms with E-state index in [1.807, 2.05) is 0 Å². The van der Waals surface area contributed by atoms with E-state index in [1.165, 1.54) is 122 Å². The summed E-state index contributed by atoms with van der Waals surface area (Å²) in [5.41, 5.74) is 4.06. The first kappa shape index (κ1) is 46.2. The van der Waals surface area contributed by atoms with Crippen molar-refractivity contribution in [2.45, 2.75) is 0 Å². The van der Waals surface area contributed by atoms with Crippen molar-refractivity contribution < 1.29 is 36.7 Å². The molecule has 0 aliphatic heterocycles. The van der Waals surface area contributed by atoms with Crippen LogP contribution in [0.15, 0.2) is 195 Å². The zero-order chi connectivity index (χ0) is 45.5. The van der Waals surface area contributed by atoms with Crippen molar-refractivity contribution in [3.8, 4) is 0 Å². The van der Waals surface area contributed by atoms with Gasteiger partial charge in [0, 0.05) is 72.3 Å². The summed E-state index contributed by atoms with van der Waals surface area (Å²) in [5.74, 6) is -2.39. The molecular formula is C48H36F4N8O4. The van der Waals surface area contributed by atoms with Crippen LogP contribution in [0.2, 0.25) is 0 Å². The van der Waals surface area contributed by atoms with Gasteiger partial charge in [-0.15, -0.1) is 0 Å². The van der Waals surface area contributed by atoms with Gasteiger partial charge in [0.25, 0.3) is 23.6 Å². The summed E-state index contributed by atoms with van der Waals surface area (Å²) < 4.78 is 50.5. The molecule has 0 radical (unpaired) electrons. The summed E-state index contributed by atoms with van der Waals surface area (Å²) in [5, 5.41) is 10.6. The summed E-state index contributed by atoms with van der Waals surface area (Å²) in [6.45, 7) is 0. The van der Waals surface area contributed by atoms with E-state index in [0.717, 1.165) is 0 Å². The molecule has 64 heavy (non-hydrogen) atoms. The first-order chi connectivity index (χ1) is 31.0. The van der Waals surface area contributed by atoms with E-state index in [0.29, 0.717) is 45.0 Å². The molecule has 0 fully saturated rings. The minimum Gasteiger partial charge on any atom is -0.322 e. The van der Waals surface area contributed by atoms with Crippen LogP contribution < -0.4 is 21.3 Å². The van der Waals surface area contributed by atoms with Crippen molar-refractivity contribution in [3.63, 3.8) is 0 Å². The van der Waals surface area contributed by atoms with Crippen molar-refractivity contribution in [3.05, 3.63) is 241 Å². The Morgan fingerprint density at radius 2 is 0.484 bits per heavy atom. The number of pyridine rings is 4. The highest BCUT2D eigenvalue weighted by Crippen LogP contribution is 2.13. The minimum absolute atomic E-state index is 0.264. The molecule has 8 aromatic rings. The molecule has 16 heteroatoms. The Bertz CT molecular complexity index is 2310. The van der Waals surface area contributed by atoms with Crippen LogP contribution in [0.5, 0.6) is 0 Å². The van der Waals surface area contributed by atoms with Gasteiger partial charge in [0.15, 0.2) is 0 Å². The number of hydrogen-bond donors (Lipinski definition) is 4. The lowest BCUT2D eigenvalue weighted by molar-refractivity contribution is 0.101. The van der Waals surface area contributed by atoms with Crippen molar-refractivity contribution in [2.75, 3.05) is 21.3 Å². The normalized spacial score (nSPS) is 9.81.